The standard InChI is InChI=1S/C22H26O9.C15H12O5.C12H14O2/c1-9-4-12-15(5-13-16(17(12)25)20(27)28-18(13)11(3)23)30-22(9)8-21(6-10(2)29-22)7-14(24)19(26)31-21;16-9-6-10-12(11(17)7-9)15(19)20-14(10)13(18)8-4-2-1-3-5-8;1-2-3-8-11-9-6-4-5-7-10(9)12(13)14-11/h5,9-11,14,18,23-25H,4,6-8H2,1-3H3;1-7,13-14,16-18H;4-7,11H,2-3,8H2,1H3/t9-,10-,11-,14+,18+,21-,22?;;11-/m0.0/s1. The van der Waals surface area contributed by atoms with Crippen LogP contribution in [0.25, 0.3) is 0 Å². The number of unbranched alkanes of at least 4 members (excludes halogenated alkanes) is 1. The van der Waals surface area contributed by atoms with Gasteiger partial charge in [-0.3, -0.25) is 0 Å². The SMILES string of the molecule is CCCC[C@@H]1OC(=O)c2ccccc21.C[C@H](O)[C@H]1OC(=O)c2c1cc1c(c2O)C[C@H](C)C2(C[C@@]3(C[C@@H](O)C(=O)O3)C[C@H](C)O2)O1.O=C1OC(C(O)c2ccccc2)c2cc(O)cc(O)c21. The van der Waals surface area contributed by atoms with Crippen molar-refractivity contribution < 1.29 is 78.2 Å². The van der Waals surface area contributed by atoms with Crippen LogP contribution < -0.4 is 4.74 Å². The Morgan fingerprint density at radius 3 is 2.14 bits per heavy atom. The number of fused-ring (bicyclic) bond motifs is 4. The number of aliphatic hydroxyl groups is 3. The molecule has 10 atom stereocenters. The minimum Gasteiger partial charge on any atom is -0.508 e. The van der Waals surface area contributed by atoms with E-state index in [4.69, 9.17) is 28.4 Å². The maximum absolute atomic E-state index is 12.3. The normalized spacial score (nSPS) is 28.7. The maximum Gasteiger partial charge on any atom is 0.343 e. The molecule has 3 unspecified atom stereocenters. The number of ether oxygens (including phenoxy) is 6. The van der Waals surface area contributed by atoms with Gasteiger partial charge >= 0.3 is 23.9 Å². The average Bonchev–Trinajstić information content (AvgIpc) is 3.97. The summed E-state index contributed by atoms with van der Waals surface area (Å²) in [6.45, 7) is 7.42. The van der Waals surface area contributed by atoms with Crippen LogP contribution in [-0.2, 0) is 34.9 Å². The molecule has 0 aliphatic carbocycles. The Morgan fingerprint density at radius 1 is 0.769 bits per heavy atom. The Bertz CT molecular complexity index is 2500. The fourth-order valence-electron chi connectivity index (χ4n) is 9.79. The zero-order valence-electron chi connectivity index (χ0n) is 36.3. The molecule has 16 nitrogen and oxygen atoms in total. The van der Waals surface area contributed by atoms with Crippen LogP contribution in [0.3, 0.4) is 0 Å². The molecular weight excluding hydrogens is 845 g/mol. The molecule has 0 bridgehead atoms. The van der Waals surface area contributed by atoms with Crippen molar-refractivity contribution in [3.05, 3.63) is 117 Å². The molecule has 0 saturated carbocycles. The summed E-state index contributed by atoms with van der Waals surface area (Å²) in [5, 5.41) is 60.4. The molecule has 0 amide bonds. The number of phenolic OH excluding ortho intramolecular Hbond substituents is 3. The first-order valence-electron chi connectivity index (χ1n) is 21.8. The molecule has 2 saturated heterocycles. The molecular formula is C49H52O16. The van der Waals surface area contributed by atoms with E-state index in [-0.39, 0.29) is 70.9 Å². The van der Waals surface area contributed by atoms with Crippen LogP contribution >= 0.6 is 0 Å². The minimum atomic E-state index is -1.17. The van der Waals surface area contributed by atoms with Gasteiger partial charge in [0.05, 0.1) is 24.2 Å². The number of aromatic hydroxyl groups is 3. The summed E-state index contributed by atoms with van der Waals surface area (Å²) in [7, 11) is 0. The summed E-state index contributed by atoms with van der Waals surface area (Å²) in [5.74, 6) is -3.99. The molecule has 10 rings (SSSR count). The smallest absolute Gasteiger partial charge is 0.343 e. The molecule has 65 heavy (non-hydrogen) atoms. The monoisotopic (exact) mass is 896 g/mol. The lowest BCUT2D eigenvalue weighted by Crippen LogP contribution is -2.59. The van der Waals surface area contributed by atoms with Crippen LogP contribution in [0.1, 0.15) is 150 Å². The third-order valence-electron chi connectivity index (χ3n) is 12.8. The Hall–Kier alpha value is -6.20. The van der Waals surface area contributed by atoms with Gasteiger partial charge in [0.25, 0.3) is 0 Å². The van der Waals surface area contributed by atoms with Crippen molar-refractivity contribution in [1.82, 2.24) is 0 Å². The summed E-state index contributed by atoms with van der Waals surface area (Å²) in [6, 6.07) is 20.4. The van der Waals surface area contributed by atoms with Crippen molar-refractivity contribution in [3.63, 3.8) is 0 Å². The first kappa shape index (κ1) is 45.4. The van der Waals surface area contributed by atoms with Gasteiger partial charge in [0, 0.05) is 47.1 Å². The maximum atomic E-state index is 12.3. The van der Waals surface area contributed by atoms with Crippen LogP contribution in [-0.4, -0.2) is 84.2 Å². The second kappa shape index (κ2) is 17.6. The molecule has 2 fully saturated rings. The van der Waals surface area contributed by atoms with Crippen LogP contribution in [0.5, 0.6) is 23.0 Å². The van der Waals surface area contributed by atoms with E-state index < -0.39 is 59.8 Å². The molecule has 0 radical (unpaired) electrons. The number of aliphatic hydroxyl groups excluding tert-OH is 3. The summed E-state index contributed by atoms with van der Waals surface area (Å²) >= 11 is 0. The first-order chi connectivity index (χ1) is 30.9. The van der Waals surface area contributed by atoms with Gasteiger partial charge in [-0.25, -0.2) is 19.2 Å². The molecule has 16 heteroatoms. The third-order valence-corrected chi connectivity index (χ3v) is 12.8. The molecule has 2 spiro atoms. The van der Waals surface area contributed by atoms with Crippen molar-refractivity contribution in [1.29, 1.82) is 0 Å². The van der Waals surface area contributed by atoms with E-state index in [0.717, 1.165) is 36.5 Å². The van der Waals surface area contributed by atoms with Crippen molar-refractivity contribution in [2.75, 3.05) is 0 Å². The number of cyclic esters (lactones) is 3. The number of benzene rings is 4. The summed E-state index contributed by atoms with van der Waals surface area (Å²) in [5.41, 5.74) is 2.66. The van der Waals surface area contributed by atoms with Gasteiger partial charge in [0.1, 0.15) is 51.9 Å². The molecule has 6 aliphatic heterocycles. The highest BCUT2D eigenvalue weighted by molar-refractivity contribution is 5.98. The zero-order valence-corrected chi connectivity index (χ0v) is 36.3. The molecule has 6 aliphatic rings. The molecule has 6 N–H and O–H groups in total. The van der Waals surface area contributed by atoms with Gasteiger partial charge < -0.3 is 59.1 Å². The highest BCUT2D eigenvalue weighted by atomic mass is 16.7. The number of phenols is 3. The summed E-state index contributed by atoms with van der Waals surface area (Å²) < 4.78 is 33.9. The predicted octanol–water partition coefficient (Wildman–Crippen LogP) is 6.63. The molecule has 4 aromatic carbocycles. The van der Waals surface area contributed by atoms with E-state index >= 15 is 0 Å². The lowest BCUT2D eigenvalue weighted by atomic mass is 9.75. The first-order valence-corrected chi connectivity index (χ1v) is 21.8. The number of esters is 4. The van der Waals surface area contributed by atoms with Crippen LogP contribution in [0, 0.1) is 5.92 Å². The van der Waals surface area contributed by atoms with E-state index in [1.807, 2.05) is 44.2 Å². The lowest BCUT2D eigenvalue weighted by molar-refractivity contribution is -0.298. The van der Waals surface area contributed by atoms with Crippen LogP contribution in [0.2, 0.25) is 0 Å². The fourth-order valence-corrected chi connectivity index (χ4v) is 9.79. The van der Waals surface area contributed by atoms with E-state index in [9.17, 15) is 49.8 Å². The number of hydrogen-bond donors (Lipinski definition) is 6. The molecule has 0 aromatic heterocycles. The second-order valence-corrected chi connectivity index (χ2v) is 17.6. The highest BCUT2D eigenvalue weighted by Crippen LogP contribution is 2.54. The summed E-state index contributed by atoms with van der Waals surface area (Å²) in [6.07, 6.45) is -0.949. The van der Waals surface area contributed by atoms with E-state index in [0.29, 0.717) is 35.3 Å². The Labute approximate surface area is 374 Å². The van der Waals surface area contributed by atoms with Gasteiger partial charge in [-0.1, -0.05) is 68.8 Å². The van der Waals surface area contributed by atoms with Crippen molar-refractivity contribution in [3.8, 4) is 23.0 Å². The molecule has 344 valence electrons. The number of rotatable bonds is 6. The van der Waals surface area contributed by atoms with Crippen LogP contribution in [0.4, 0.5) is 0 Å². The van der Waals surface area contributed by atoms with E-state index in [1.54, 1.807) is 30.3 Å². The Kier molecular flexibility index (Phi) is 12.3. The van der Waals surface area contributed by atoms with E-state index in [2.05, 4.69) is 6.92 Å². The Morgan fingerprint density at radius 2 is 1.45 bits per heavy atom. The Balaban J connectivity index is 0.000000145. The second-order valence-electron chi connectivity index (χ2n) is 17.6. The minimum absolute atomic E-state index is 0.00125. The van der Waals surface area contributed by atoms with Crippen molar-refractivity contribution >= 4 is 23.9 Å². The fraction of sp³-hybridized carbons (Fsp3) is 0.429. The summed E-state index contributed by atoms with van der Waals surface area (Å²) in [4.78, 5) is 47.4. The highest BCUT2D eigenvalue weighted by Gasteiger charge is 2.60. The molecule has 4 aromatic rings. The number of carbonyl (C=O) groups excluding carboxylic acids is 4. The predicted molar refractivity (Wildman–Crippen MR) is 227 cm³/mol. The largest absolute Gasteiger partial charge is 0.508 e. The van der Waals surface area contributed by atoms with Gasteiger partial charge in [-0.15, -0.1) is 0 Å². The van der Waals surface area contributed by atoms with Gasteiger partial charge in [0.15, 0.2) is 18.3 Å². The van der Waals surface area contributed by atoms with E-state index in [1.165, 1.54) is 13.0 Å². The topological polar surface area (TPSA) is 245 Å². The number of carbonyl (C=O) groups is 4. The van der Waals surface area contributed by atoms with Crippen molar-refractivity contribution in [2.45, 2.75) is 127 Å². The zero-order chi connectivity index (χ0) is 46.5. The van der Waals surface area contributed by atoms with Crippen molar-refractivity contribution in [2.24, 2.45) is 5.92 Å². The third kappa shape index (κ3) is 8.47. The number of hydrogen-bond acceptors (Lipinski definition) is 16. The lowest BCUT2D eigenvalue weighted by Gasteiger charge is -2.51. The van der Waals surface area contributed by atoms with Gasteiger partial charge in [-0.2, -0.15) is 0 Å². The van der Waals surface area contributed by atoms with Crippen LogP contribution in [0.15, 0.2) is 72.8 Å². The van der Waals surface area contributed by atoms with Gasteiger partial charge in [0.2, 0.25) is 5.79 Å². The quantitative estimate of drug-likeness (QED) is 0.0879. The molecule has 6 heterocycles. The average molecular weight is 897 g/mol. The van der Waals surface area contributed by atoms with Gasteiger partial charge in [-0.05, 0) is 56.9 Å².